The third-order valence-corrected chi connectivity index (χ3v) is 2.28. The van der Waals surface area contributed by atoms with Gasteiger partial charge in [0.25, 0.3) is 0 Å². The molecule has 0 radical (unpaired) electrons. The van der Waals surface area contributed by atoms with Crippen LogP contribution in [-0.2, 0) is 12.6 Å². The molecule has 0 aliphatic heterocycles. The van der Waals surface area contributed by atoms with Gasteiger partial charge in [0.1, 0.15) is 5.56 Å². The van der Waals surface area contributed by atoms with E-state index in [0.29, 0.717) is 0 Å². The van der Waals surface area contributed by atoms with Crippen LogP contribution in [0, 0.1) is 17.5 Å². The second-order valence-corrected chi connectivity index (χ2v) is 3.33. The average Bonchev–Trinajstić information content (AvgIpc) is 2.22. The van der Waals surface area contributed by atoms with Crippen molar-refractivity contribution in [1.29, 1.82) is 0 Å². The Morgan fingerprint density at radius 1 is 1.11 bits per heavy atom. The molecule has 0 atom stereocenters. The highest BCUT2D eigenvalue weighted by atomic mass is 19.4. The van der Waals surface area contributed by atoms with E-state index in [-0.39, 0.29) is 0 Å². The number of hydrogen-bond acceptors (Lipinski definition) is 1. The van der Waals surface area contributed by atoms with Crippen molar-refractivity contribution in [3.05, 3.63) is 34.1 Å². The van der Waals surface area contributed by atoms with Gasteiger partial charge in [-0.2, -0.15) is 13.2 Å². The molecule has 0 spiro atoms. The summed E-state index contributed by atoms with van der Waals surface area (Å²) in [6.07, 6.45) is -5.92. The van der Waals surface area contributed by atoms with Crippen molar-refractivity contribution in [2.45, 2.75) is 19.5 Å². The summed E-state index contributed by atoms with van der Waals surface area (Å²) in [4.78, 5) is 10.6. The van der Waals surface area contributed by atoms with E-state index in [1.807, 2.05) is 0 Å². The quantitative estimate of drug-likeness (QED) is 0.662. The summed E-state index contributed by atoms with van der Waals surface area (Å²) in [5, 5.41) is 8.59. The molecule has 0 heterocycles. The molecule has 1 aromatic carbocycles. The highest BCUT2D eigenvalue weighted by Crippen LogP contribution is 2.38. The monoisotopic (exact) mass is 272 g/mol. The van der Waals surface area contributed by atoms with Crippen molar-refractivity contribution >= 4 is 5.97 Å². The summed E-state index contributed by atoms with van der Waals surface area (Å²) >= 11 is 0. The standard InChI is InChI=1S/C10H6F6O2/c1-2-3-4(9(17)18)6(11)8(13)7(12)5(3)10(14,15)16/h2H2,1H3,(H,17,18). The first-order valence-corrected chi connectivity index (χ1v) is 4.62. The van der Waals surface area contributed by atoms with Gasteiger partial charge in [-0.05, 0) is 12.0 Å². The molecule has 1 aromatic rings. The molecule has 0 amide bonds. The Balaban J connectivity index is 3.87. The van der Waals surface area contributed by atoms with E-state index in [4.69, 9.17) is 5.11 Å². The van der Waals surface area contributed by atoms with E-state index < -0.39 is 52.7 Å². The van der Waals surface area contributed by atoms with Crippen molar-refractivity contribution < 1.29 is 36.2 Å². The first-order valence-electron chi connectivity index (χ1n) is 4.62. The third kappa shape index (κ3) is 2.14. The predicted molar refractivity (Wildman–Crippen MR) is 47.7 cm³/mol. The van der Waals surface area contributed by atoms with Gasteiger partial charge in [-0.1, -0.05) is 6.92 Å². The van der Waals surface area contributed by atoms with E-state index in [9.17, 15) is 31.1 Å². The number of carboxylic acid groups (broad SMARTS) is 1. The number of carbonyl (C=O) groups is 1. The van der Waals surface area contributed by atoms with Crippen molar-refractivity contribution in [2.75, 3.05) is 0 Å². The molecule has 8 heteroatoms. The van der Waals surface area contributed by atoms with Gasteiger partial charge in [-0.25, -0.2) is 18.0 Å². The van der Waals surface area contributed by atoms with Crippen molar-refractivity contribution in [2.24, 2.45) is 0 Å². The van der Waals surface area contributed by atoms with Crippen LogP contribution in [-0.4, -0.2) is 11.1 Å². The van der Waals surface area contributed by atoms with Crippen LogP contribution in [0.3, 0.4) is 0 Å². The summed E-state index contributed by atoms with van der Waals surface area (Å²) in [7, 11) is 0. The predicted octanol–water partition coefficient (Wildman–Crippen LogP) is 3.38. The van der Waals surface area contributed by atoms with Crippen molar-refractivity contribution in [1.82, 2.24) is 0 Å². The molecular weight excluding hydrogens is 266 g/mol. The molecule has 0 aliphatic carbocycles. The lowest BCUT2D eigenvalue weighted by molar-refractivity contribution is -0.141. The summed E-state index contributed by atoms with van der Waals surface area (Å²) < 4.78 is 76.8. The van der Waals surface area contributed by atoms with Gasteiger partial charge in [0.15, 0.2) is 17.5 Å². The Kier molecular flexibility index (Phi) is 3.59. The number of alkyl halides is 3. The first kappa shape index (κ1) is 14.3. The van der Waals surface area contributed by atoms with Crippen molar-refractivity contribution in [3.63, 3.8) is 0 Å². The zero-order valence-corrected chi connectivity index (χ0v) is 8.83. The third-order valence-electron chi connectivity index (χ3n) is 2.28. The summed E-state index contributed by atoms with van der Waals surface area (Å²) in [5.74, 6) is -9.10. The normalized spacial score (nSPS) is 11.7. The largest absolute Gasteiger partial charge is 0.478 e. The topological polar surface area (TPSA) is 37.3 Å². The molecule has 100 valence electrons. The van der Waals surface area contributed by atoms with E-state index >= 15 is 0 Å². The number of halogens is 6. The van der Waals surface area contributed by atoms with E-state index in [1.54, 1.807) is 0 Å². The van der Waals surface area contributed by atoms with Crippen LogP contribution in [0.25, 0.3) is 0 Å². The Hall–Kier alpha value is -1.73. The van der Waals surface area contributed by atoms with Gasteiger partial charge in [0.2, 0.25) is 0 Å². The minimum atomic E-state index is -5.31. The molecular formula is C10H6F6O2. The van der Waals surface area contributed by atoms with Crippen LogP contribution in [0.15, 0.2) is 0 Å². The molecule has 0 fully saturated rings. The van der Waals surface area contributed by atoms with Crippen molar-refractivity contribution in [3.8, 4) is 0 Å². The lowest BCUT2D eigenvalue weighted by atomic mass is 9.96. The molecule has 1 N–H and O–H groups in total. The number of carboxylic acids is 1. The van der Waals surface area contributed by atoms with Crippen LogP contribution in [0.5, 0.6) is 0 Å². The lowest BCUT2D eigenvalue weighted by Crippen LogP contribution is -2.20. The second-order valence-electron chi connectivity index (χ2n) is 3.33. The molecule has 0 saturated carbocycles. The number of benzene rings is 1. The molecule has 0 bridgehead atoms. The zero-order valence-electron chi connectivity index (χ0n) is 8.83. The minimum absolute atomic E-state index is 0.607. The fourth-order valence-corrected chi connectivity index (χ4v) is 1.58. The van der Waals surface area contributed by atoms with Crippen LogP contribution in [0.2, 0.25) is 0 Å². The molecule has 0 aliphatic rings. The van der Waals surface area contributed by atoms with Gasteiger partial charge in [-0.15, -0.1) is 0 Å². The van der Waals surface area contributed by atoms with Gasteiger partial charge >= 0.3 is 12.1 Å². The van der Waals surface area contributed by atoms with E-state index in [1.165, 1.54) is 0 Å². The molecule has 0 saturated heterocycles. The molecule has 2 nitrogen and oxygen atoms in total. The lowest BCUT2D eigenvalue weighted by Gasteiger charge is -2.16. The Bertz CT molecular complexity index is 506. The maximum absolute atomic E-state index is 13.2. The number of aromatic carboxylic acids is 1. The Morgan fingerprint density at radius 2 is 1.61 bits per heavy atom. The van der Waals surface area contributed by atoms with Gasteiger partial charge < -0.3 is 5.11 Å². The maximum atomic E-state index is 13.2. The minimum Gasteiger partial charge on any atom is -0.478 e. The molecule has 0 aromatic heterocycles. The smallest absolute Gasteiger partial charge is 0.419 e. The van der Waals surface area contributed by atoms with Gasteiger partial charge in [0.05, 0.1) is 5.56 Å². The fraction of sp³-hybridized carbons (Fsp3) is 0.300. The van der Waals surface area contributed by atoms with E-state index in [0.717, 1.165) is 6.92 Å². The summed E-state index contributed by atoms with van der Waals surface area (Å²) in [6.45, 7) is 1.08. The first-order chi connectivity index (χ1) is 8.12. The maximum Gasteiger partial charge on any atom is 0.419 e. The molecule has 0 unspecified atom stereocenters. The van der Waals surface area contributed by atoms with Crippen LogP contribution < -0.4 is 0 Å². The highest BCUT2D eigenvalue weighted by Gasteiger charge is 2.41. The van der Waals surface area contributed by atoms with E-state index in [2.05, 4.69) is 0 Å². The number of rotatable bonds is 2. The Morgan fingerprint density at radius 3 is 1.94 bits per heavy atom. The second kappa shape index (κ2) is 4.51. The zero-order chi connectivity index (χ0) is 14.2. The number of hydrogen-bond donors (Lipinski definition) is 1. The highest BCUT2D eigenvalue weighted by molar-refractivity contribution is 5.90. The fourth-order valence-electron chi connectivity index (χ4n) is 1.58. The van der Waals surface area contributed by atoms with Gasteiger partial charge in [0, 0.05) is 0 Å². The summed E-state index contributed by atoms with van der Waals surface area (Å²) in [6, 6.07) is 0. The van der Waals surface area contributed by atoms with Crippen LogP contribution >= 0.6 is 0 Å². The summed E-state index contributed by atoms with van der Waals surface area (Å²) in [5.41, 5.74) is -4.70. The van der Waals surface area contributed by atoms with Crippen LogP contribution in [0.4, 0.5) is 26.3 Å². The average molecular weight is 272 g/mol. The molecule has 1 rings (SSSR count). The SMILES string of the molecule is CCc1c(C(=O)O)c(F)c(F)c(F)c1C(F)(F)F. The van der Waals surface area contributed by atoms with Crippen LogP contribution in [0.1, 0.15) is 28.4 Å². The van der Waals surface area contributed by atoms with Gasteiger partial charge in [-0.3, -0.25) is 0 Å². The molecule has 18 heavy (non-hydrogen) atoms. The Labute approximate surface area is 96.8 Å².